The smallest absolute Gasteiger partial charge is 0.303 e. The Balaban J connectivity index is 1.30. The first-order valence-corrected chi connectivity index (χ1v) is 13.7. The van der Waals surface area contributed by atoms with Crippen LogP contribution in [0, 0.1) is 5.92 Å². The van der Waals surface area contributed by atoms with Crippen molar-refractivity contribution >= 4 is 56.4 Å². The van der Waals surface area contributed by atoms with Gasteiger partial charge in [0.2, 0.25) is 6.79 Å². The van der Waals surface area contributed by atoms with Crippen LogP contribution in [0.1, 0.15) is 33.1 Å². The van der Waals surface area contributed by atoms with Crippen molar-refractivity contribution in [3.8, 4) is 11.5 Å². The van der Waals surface area contributed by atoms with Crippen molar-refractivity contribution in [1.29, 1.82) is 0 Å². The number of piperidine rings is 1. The number of hydrogen-bond donors (Lipinski definition) is 1. The molecule has 12 heteroatoms. The first-order valence-electron chi connectivity index (χ1n) is 12.1. The number of benzene rings is 1. The number of carbonyl (C=O) groups is 2. The van der Waals surface area contributed by atoms with Crippen molar-refractivity contribution in [2.45, 2.75) is 55.8 Å². The number of anilines is 1. The molecule has 0 spiro atoms. The summed E-state index contributed by atoms with van der Waals surface area (Å²) in [4.78, 5) is 35.6. The minimum atomic E-state index is -0.750. The summed E-state index contributed by atoms with van der Waals surface area (Å²) in [6.07, 6.45) is 3.68. The average molecular weight is 590 g/mol. The lowest BCUT2D eigenvalue weighted by Crippen LogP contribution is -2.44. The normalized spacial score (nSPS) is 16.2. The van der Waals surface area contributed by atoms with Crippen molar-refractivity contribution in [3.05, 3.63) is 28.9 Å². The van der Waals surface area contributed by atoms with Crippen LogP contribution < -0.4 is 15.2 Å². The Bertz CT molecular complexity index is 1340. The number of aryl methyl sites for hydroxylation is 1. The fraction of sp³-hybridized carbons (Fsp3) is 0.440. The number of aromatic nitrogens is 3. The van der Waals surface area contributed by atoms with Crippen LogP contribution in [0.2, 0.25) is 0 Å². The molecule has 1 amide bonds. The van der Waals surface area contributed by atoms with E-state index in [-0.39, 0.29) is 12.7 Å². The van der Waals surface area contributed by atoms with Gasteiger partial charge in [-0.3, -0.25) is 9.59 Å². The maximum atomic E-state index is 12.6. The van der Waals surface area contributed by atoms with E-state index < -0.39 is 12.1 Å². The molecule has 0 radical (unpaired) electrons. The van der Waals surface area contributed by atoms with Crippen molar-refractivity contribution in [2.75, 3.05) is 25.6 Å². The number of nitrogen functional groups attached to an aromatic ring is 1. The van der Waals surface area contributed by atoms with Gasteiger partial charge in [-0.05, 0) is 66.2 Å². The van der Waals surface area contributed by atoms with Crippen molar-refractivity contribution in [2.24, 2.45) is 5.92 Å². The second-order valence-corrected chi connectivity index (χ2v) is 11.0. The van der Waals surface area contributed by atoms with Crippen LogP contribution >= 0.6 is 27.7 Å². The number of nitrogens with zero attached hydrogens (tertiary/aromatic N) is 4. The van der Waals surface area contributed by atoms with E-state index in [0.717, 1.165) is 45.8 Å². The summed E-state index contributed by atoms with van der Waals surface area (Å²) in [6.45, 7) is 5.22. The van der Waals surface area contributed by atoms with Crippen LogP contribution in [-0.2, 0) is 20.9 Å². The SMILES string of the molecule is CC(=O)O[C@@H](C)C(=O)N1CCC(CCn2c(Sc3cc4c(cc3Br)OCO4)nc3c(N)nccc32)CC1. The molecule has 3 aromatic rings. The molecule has 0 bridgehead atoms. The zero-order chi connectivity index (χ0) is 26.1. The predicted molar refractivity (Wildman–Crippen MR) is 141 cm³/mol. The number of fused-ring (bicyclic) bond motifs is 2. The lowest BCUT2D eigenvalue weighted by molar-refractivity contribution is -0.158. The molecule has 2 aliphatic heterocycles. The molecule has 4 heterocycles. The Morgan fingerprint density at radius 2 is 2.00 bits per heavy atom. The maximum absolute atomic E-state index is 12.6. The number of pyridine rings is 1. The molecule has 0 unspecified atom stereocenters. The number of esters is 1. The quantitative estimate of drug-likeness (QED) is 0.403. The van der Waals surface area contributed by atoms with Crippen molar-refractivity contribution < 1.29 is 23.8 Å². The Kier molecular flexibility index (Phi) is 7.47. The molecule has 2 aromatic heterocycles. The maximum Gasteiger partial charge on any atom is 0.303 e. The summed E-state index contributed by atoms with van der Waals surface area (Å²) < 4.78 is 19.2. The van der Waals surface area contributed by atoms with Gasteiger partial charge >= 0.3 is 5.97 Å². The fourth-order valence-electron chi connectivity index (χ4n) is 4.73. The van der Waals surface area contributed by atoms with Gasteiger partial charge in [0.25, 0.3) is 5.91 Å². The lowest BCUT2D eigenvalue weighted by Gasteiger charge is -2.33. The van der Waals surface area contributed by atoms with Crippen LogP contribution in [0.4, 0.5) is 5.82 Å². The summed E-state index contributed by atoms with van der Waals surface area (Å²) >= 11 is 5.17. The van der Waals surface area contributed by atoms with Gasteiger partial charge in [-0.2, -0.15) is 0 Å². The van der Waals surface area contributed by atoms with Gasteiger partial charge in [-0.25, -0.2) is 9.97 Å². The van der Waals surface area contributed by atoms with Gasteiger partial charge < -0.3 is 29.4 Å². The van der Waals surface area contributed by atoms with E-state index in [9.17, 15) is 9.59 Å². The lowest BCUT2D eigenvalue weighted by atomic mass is 9.93. The fourth-order valence-corrected chi connectivity index (χ4v) is 6.25. The molecule has 1 aromatic carbocycles. The molecule has 0 saturated carbocycles. The summed E-state index contributed by atoms with van der Waals surface area (Å²) in [5.74, 6) is 1.70. The largest absolute Gasteiger partial charge is 0.454 e. The Morgan fingerprint density at radius 3 is 2.73 bits per heavy atom. The van der Waals surface area contributed by atoms with E-state index >= 15 is 0 Å². The molecular weight excluding hydrogens is 562 g/mol. The molecule has 1 saturated heterocycles. The van der Waals surface area contributed by atoms with Crippen LogP contribution in [0.5, 0.6) is 11.5 Å². The second-order valence-electron chi connectivity index (χ2n) is 9.16. The van der Waals surface area contributed by atoms with E-state index in [0.29, 0.717) is 41.8 Å². The number of carbonyl (C=O) groups excluding carboxylic acids is 2. The Labute approximate surface area is 227 Å². The van der Waals surface area contributed by atoms with Crippen LogP contribution in [0.15, 0.2) is 38.9 Å². The van der Waals surface area contributed by atoms with Gasteiger partial charge in [-0.15, -0.1) is 0 Å². The summed E-state index contributed by atoms with van der Waals surface area (Å²) in [6, 6.07) is 5.80. The van der Waals surface area contributed by atoms with Gasteiger partial charge in [0.05, 0.1) is 5.52 Å². The van der Waals surface area contributed by atoms with E-state index in [1.165, 1.54) is 18.7 Å². The van der Waals surface area contributed by atoms with Gasteiger partial charge in [-0.1, -0.05) is 11.8 Å². The third kappa shape index (κ3) is 5.49. The van der Waals surface area contributed by atoms with Gasteiger partial charge in [0.15, 0.2) is 28.6 Å². The minimum Gasteiger partial charge on any atom is -0.454 e. The number of halogens is 1. The predicted octanol–water partition coefficient (Wildman–Crippen LogP) is 4.24. The first-order chi connectivity index (χ1) is 17.8. The number of amides is 1. The molecule has 1 atom stereocenters. The Hall–Kier alpha value is -2.99. The molecule has 2 N–H and O–H groups in total. The summed E-state index contributed by atoms with van der Waals surface area (Å²) in [5.41, 5.74) is 7.78. The zero-order valence-corrected chi connectivity index (χ0v) is 23.0. The van der Waals surface area contributed by atoms with Crippen molar-refractivity contribution in [3.63, 3.8) is 0 Å². The topological polar surface area (TPSA) is 122 Å². The summed E-state index contributed by atoms with van der Waals surface area (Å²) in [5, 5.41) is 0.817. The minimum absolute atomic E-state index is 0.134. The van der Waals surface area contributed by atoms with Crippen molar-refractivity contribution in [1.82, 2.24) is 19.4 Å². The highest BCUT2D eigenvalue weighted by atomic mass is 79.9. The highest BCUT2D eigenvalue weighted by Crippen LogP contribution is 2.43. The van der Waals surface area contributed by atoms with E-state index in [1.54, 1.807) is 18.0 Å². The molecule has 10 nitrogen and oxygen atoms in total. The molecule has 0 aliphatic carbocycles. The number of rotatable bonds is 7. The summed E-state index contributed by atoms with van der Waals surface area (Å²) in [7, 11) is 0. The standard InChI is InChI=1S/C25H28BrN5O5S/c1-14(36-15(2)32)24(33)30-8-4-16(5-9-30)6-10-31-18-3-7-28-23(27)22(18)29-25(31)37-21-12-20-19(11-17(21)26)34-13-35-20/h3,7,11-12,14,16H,4-6,8-10,13H2,1-2H3,(H2,27,28)/t14-/m0/s1. The number of imidazole rings is 1. The molecule has 5 rings (SSSR count). The highest BCUT2D eigenvalue weighted by Gasteiger charge is 2.28. The third-order valence-corrected chi connectivity index (χ3v) is 8.64. The second kappa shape index (κ2) is 10.8. The highest BCUT2D eigenvalue weighted by molar-refractivity contribution is 9.10. The number of ether oxygens (including phenoxy) is 3. The number of likely N-dealkylation sites (tertiary alicyclic amines) is 1. The van der Waals surface area contributed by atoms with Crippen LogP contribution in [0.25, 0.3) is 11.0 Å². The average Bonchev–Trinajstić information content (AvgIpc) is 3.47. The van der Waals surface area contributed by atoms with E-state index in [1.807, 2.05) is 18.2 Å². The zero-order valence-electron chi connectivity index (χ0n) is 20.6. The molecule has 37 heavy (non-hydrogen) atoms. The van der Waals surface area contributed by atoms with Crippen LogP contribution in [0.3, 0.4) is 0 Å². The first kappa shape index (κ1) is 25.7. The molecule has 2 aliphatic rings. The van der Waals surface area contributed by atoms with E-state index in [4.69, 9.17) is 24.9 Å². The molecule has 1 fully saturated rings. The monoisotopic (exact) mass is 589 g/mol. The van der Waals surface area contributed by atoms with Crippen LogP contribution in [-0.4, -0.2) is 57.3 Å². The van der Waals surface area contributed by atoms with E-state index in [2.05, 4.69) is 25.5 Å². The Morgan fingerprint density at radius 1 is 1.27 bits per heavy atom. The van der Waals surface area contributed by atoms with Gasteiger partial charge in [0.1, 0.15) is 5.52 Å². The third-order valence-electron chi connectivity index (χ3n) is 6.67. The number of hydrogen-bond acceptors (Lipinski definition) is 9. The van der Waals surface area contributed by atoms with Gasteiger partial charge in [0, 0.05) is 42.1 Å². The molecule has 196 valence electrons. The molecular formula is C25H28BrN5O5S. The number of nitrogens with two attached hydrogens (primary N) is 1.